The summed E-state index contributed by atoms with van der Waals surface area (Å²) in [6.07, 6.45) is -22.5. The maximum atomic E-state index is 12.1. The summed E-state index contributed by atoms with van der Waals surface area (Å²) >= 11 is 0. The van der Waals surface area contributed by atoms with Gasteiger partial charge in [0, 0.05) is 0 Å². The number of halogens is 10. The predicted octanol–water partition coefficient (Wildman–Crippen LogP) is 3.17. The van der Waals surface area contributed by atoms with Crippen LogP contribution in [0.15, 0.2) is 4.99 Å². The molecule has 0 atom stereocenters. The van der Waals surface area contributed by atoms with Crippen molar-refractivity contribution < 1.29 is 43.9 Å². The van der Waals surface area contributed by atoms with Crippen LogP contribution in [0.25, 0.3) is 0 Å². The van der Waals surface area contributed by atoms with Gasteiger partial charge < -0.3 is 0 Å². The van der Waals surface area contributed by atoms with Gasteiger partial charge in [0.2, 0.25) is 0 Å². The highest BCUT2D eigenvalue weighted by Crippen LogP contribution is 2.35. The Bertz CT molecular complexity index is 254. The summed E-state index contributed by atoms with van der Waals surface area (Å²) in [5.74, 6) is 0. The van der Waals surface area contributed by atoms with Crippen molar-refractivity contribution in [2.75, 3.05) is 0 Å². The van der Waals surface area contributed by atoms with Crippen LogP contribution in [-0.2, 0) is 0 Å². The molecule has 0 aliphatic heterocycles. The molecule has 0 aliphatic rings. The summed E-state index contributed by atoms with van der Waals surface area (Å²) < 4.78 is 115. The van der Waals surface area contributed by atoms with E-state index in [1.165, 1.54) is 0 Å². The number of amidine groups is 1. The predicted molar refractivity (Wildman–Crippen MR) is 28.5 cm³/mol. The fourth-order valence-corrected chi connectivity index (χ4v) is 0.508. The third-order valence-corrected chi connectivity index (χ3v) is 0.911. The van der Waals surface area contributed by atoms with E-state index < -0.39 is 29.9 Å². The standard InChI is InChI=1S/C4F10N2/c5-1(15-2(6,7)8)16(3(9,10)11)4(12,13)14. The molecule has 0 aliphatic carbocycles. The van der Waals surface area contributed by atoms with Gasteiger partial charge >= 0.3 is 25.0 Å². The van der Waals surface area contributed by atoms with E-state index in [1.54, 1.807) is 0 Å². The summed E-state index contributed by atoms with van der Waals surface area (Å²) in [7, 11) is 0. The molecule has 0 unspecified atom stereocenters. The summed E-state index contributed by atoms with van der Waals surface area (Å²) in [5.41, 5.74) is 0. The third-order valence-electron chi connectivity index (χ3n) is 0.911. The molecule has 0 rings (SSSR count). The first-order valence-electron chi connectivity index (χ1n) is 3.01. The van der Waals surface area contributed by atoms with Crippen LogP contribution in [0.2, 0.25) is 0 Å². The topological polar surface area (TPSA) is 15.6 Å². The maximum absolute atomic E-state index is 12.1. The summed E-state index contributed by atoms with van der Waals surface area (Å²) in [5, 5.41) is 0. The lowest BCUT2D eigenvalue weighted by Crippen LogP contribution is -2.50. The van der Waals surface area contributed by atoms with Gasteiger partial charge in [0.15, 0.2) is 0 Å². The lowest BCUT2D eigenvalue weighted by molar-refractivity contribution is -0.346. The van der Waals surface area contributed by atoms with E-state index in [9.17, 15) is 43.9 Å². The zero-order valence-corrected chi connectivity index (χ0v) is 6.67. The van der Waals surface area contributed by atoms with Crippen LogP contribution in [0.4, 0.5) is 43.9 Å². The Kier molecular flexibility index (Phi) is 3.67. The second kappa shape index (κ2) is 3.97. The van der Waals surface area contributed by atoms with E-state index in [0.717, 1.165) is 0 Å². The van der Waals surface area contributed by atoms with Crippen molar-refractivity contribution in [3.05, 3.63) is 0 Å². The van der Waals surface area contributed by atoms with Crippen molar-refractivity contribution in [2.45, 2.75) is 18.9 Å². The van der Waals surface area contributed by atoms with Gasteiger partial charge in [0.05, 0.1) is 0 Å². The van der Waals surface area contributed by atoms with E-state index in [4.69, 9.17) is 0 Å². The molecule has 0 N–H and O–H groups in total. The molecule has 12 heteroatoms. The molecule has 0 aromatic carbocycles. The normalized spacial score (nSPS) is 15.2. The summed E-state index contributed by atoms with van der Waals surface area (Å²) in [4.78, 5) is -2.31. The monoisotopic (exact) mass is 266 g/mol. The maximum Gasteiger partial charge on any atom is 0.506 e. The Hall–Kier alpha value is -1.23. The van der Waals surface area contributed by atoms with Crippen molar-refractivity contribution in [3.8, 4) is 0 Å². The smallest absolute Gasteiger partial charge is 0.164 e. The Morgan fingerprint density at radius 2 is 1.06 bits per heavy atom. The molecule has 0 spiro atoms. The highest BCUT2D eigenvalue weighted by Gasteiger charge is 2.57. The van der Waals surface area contributed by atoms with Crippen LogP contribution < -0.4 is 0 Å². The van der Waals surface area contributed by atoms with E-state index in [1.807, 2.05) is 0 Å². The van der Waals surface area contributed by atoms with Gasteiger partial charge in [-0.15, -0.1) is 44.5 Å². The van der Waals surface area contributed by atoms with Crippen LogP contribution in [0, 0.1) is 0 Å². The highest BCUT2D eigenvalue weighted by molar-refractivity contribution is 5.73. The molecule has 0 saturated carbocycles. The number of aliphatic imine (C=N–C) groups is 1. The van der Waals surface area contributed by atoms with Crippen LogP contribution in [-0.4, -0.2) is 29.9 Å². The van der Waals surface area contributed by atoms with Gasteiger partial charge in [-0.25, -0.2) is 0 Å². The number of rotatable bonds is 0. The Morgan fingerprint density at radius 1 is 0.750 bits per heavy atom. The van der Waals surface area contributed by atoms with Crippen LogP contribution in [0.5, 0.6) is 0 Å². The first-order valence-corrected chi connectivity index (χ1v) is 3.01. The Labute approximate surface area is 80.1 Å². The van der Waals surface area contributed by atoms with Gasteiger partial charge in [0.1, 0.15) is 0 Å². The fraction of sp³-hybridized carbons (Fsp3) is 0.750. The number of nitrogens with zero attached hydrogens (tertiary/aromatic N) is 2. The van der Waals surface area contributed by atoms with Gasteiger partial charge in [-0.2, -0.15) is 9.29 Å². The molecular formula is C4F10N2. The molecule has 0 amide bonds. The molecule has 0 bridgehead atoms. The van der Waals surface area contributed by atoms with Crippen molar-refractivity contribution in [2.24, 2.45) is 4.99 Å². The number of hydrogen-bond donors (Lipinski definition) is 0. The van der Waals surface area contributed by atoms with Gasteiger partial charge in [0.25, 0.3) is 0 Å². The Morgan fingerprint density at radius 3 is 1.25 bits per heavy atom. The van der Waals surface area contributed by atoms with E-state index in [-0.39, 0.29) is 0 Å². The zero-order chi connectivity index (χ0) is 13.4. The first kappa shape index (κ1) is 14.8. The second-order valence-electron chi connectivity index (χ2n) is 2.12. The summed E-state index contributed by atoms with van der Waals surface area (Å²) in [6.45, 7) is 0. The van der Waals surface area contributed by atoms with Gasteiger partial charge in [-0.3, -0.25) is 0 Å². The lowest BCUT2D eigenvalue weighted by Gasteiger charge is -2.25. The molecule has 0 fully saturated rings. The molecule has 16 heavy (non-hydrogen) atoms. The first-order chi connectivity index (χ1) is 6.75. The van der Waals surface area contributed by atoms with E-state index in [0.29, 0.717) is 4.99 Å². The van der Waals surface area contributed by atoms with Gasteiger partial charge in [-0.05, 0) is 0 Å². The molecule has 0 radical (unpaired) electrons. The fourth-order valence-electron chi connectivity index (χ4n) is 0.508. The number of alkyl halides is 9. The summed E-state index contributed by atoms with van der Waals surface area (Å²) in [6, 6.07) is 0. The molecule has 96 valence electrons. The Balaban J connectivity index is 5.33. The molecule has 0 heterocycles. The average molecular weight is 266 g/mol. The van der Waals surface area contributed by atoms with Crippen molar-refractivity contribution in [1.82, 2.24) is 4.90 Å². The van der Waals surface area contributed by atoms with E-state index >= 15 is 0 Å². The quantitative estimate of drug-likeness (QED) is 0.284. The third kappa shape index (κ3) is 4.53. The average Bonchev–Trinajstić information content (AvgIpc) is 1.70. The van der Waals surface area contributed by atoms with Crippen molar-refractivity contribution in [3.63, 3.8) is 0 Å². The lowest BCUT2D eigenvalue weighted by atomic mass is 10.7. The van der Waals surface area contributed by atoms with Gasteiger partial charge in [-0.1, -0.05) is 0 Å². The van der Waals surface area contributed by atoms with Crippen LogP contribution in [0.1, 0.15) is 0 Å². The minimum atomic E-state index is -6.41. The second-order valence-corrected chi connectivity index (χ2v) is 2.12. The minimum Gasteiger partial charge on any atom is -0.164 e. The largest absolute Gasteiger partial charge is 0.506 e. The molecular weight excluding hydrogens is 266 g/mol. The minimum absolute atomic E-state index is 0.678. The zero-order valence-electron chi connectivity index (χ0n) is 6.67. The molecule has 0 saturated heterocycles. The van der Waals surface area contributed by atoms with Crippen LogP contribution in [0.3, 0.4) is 0 Å². The van der Waals surface area contributed by atoms with Crippen LogP contribution >= 0.6 is 0 Å². The molecule has 0 aromatic rings. The molecule has 0 aromatic heterocycles. The van der Waals surface area contributed by atoms with Crippen molar-refractivity contribution >= 4 is 6.09 Å². The number of hydrogen-bond acceptors (Lipinski definition) is 1. The molecule has 2 nitrogen and oxygen atoms in total. The van der Waals surface area contributed by atoms with E-state index in [2.05, 4.69) is 0 Å². The highest BCUT2D eigenvalue weighted by atomic mass is 19.4. The SMILES string of the molecule is FC(=NC(F)(F)F)N(C(F)(F)F)C(F)(F)F. The van der Waals surface area contributed by atoms with Crippen molar-refractivity contribution in [1.29, 1.82) is 0 Å².